The number of benzene rings is 1. The summed E-state index contributed by atoms with van der Waals surface area (Å²) >= 11 is 0. The normalized spacial score (nSPS) is 10.6. The Morgan fingerprint density at radius 2 is 2.20 bits per heavy atom. The molecule has 1 aromatic heterocycles. The number of carboxylic acid groups (broad SMARTS) is 1. The average molecular weight is 276 g/mol. The lowest BCUT2D eigenvalue weighted by molar-refractivity contribution is 0.0656. The number of hydrogen-bond acceptors (Lipinski definition) is 5. The summed E-state index contributed by atoms with van der Waals surface area (Å²) in [6.45, 7) is 0.0957. The molecule has 0 radical (unpaired) electrons. The minimum atomic E-state index is -1.15. The molecule has 0 amide bonds. The van der Waals surface area contributed by atoms with Gasteiger partial charge in [0.05, 0.1) is 6.61 Å². The predicted molar refractivity (Wildman–Crippen MR) is 73.9 cm³/mol. The quantitative estimate of drug-likeness (QED) is 0.902. The maximum absolute atomic E-state index is 11.1. The van der Waals surface area contributed by atoms with Crippen LogP contribution in [0, 0.1) is 0 Å². The second kappa shape index (κ2) is 5.75. The first kappa shape index (κ1) is 14.1. The van der Waals surface area contributed by atoms with Crippen LogP contribution in [0.15, 0.2) is 28.7 Å². The van der Waals surface area contributed by atoms with E-state index in [-0.39, 0.29) is 24.0 Å². The van der Waals surface area contributed by atoms with Crippen molar-refractivity contribution in [3.63, 3.8) is 0 Å². The van der Waals surface area contributed by atoms with E-state index in [9.17, 15) is 4.79 Å². The molecule has 6 heteroatoms. The zero-order valence-electron chi connectivity index (χ0n) is 11.6. The third-order valence-electron chi connectivity index (χ3n) is 2.78. The molecule has 2 aromatic rings. The molecular weight excluding hydrogens is 260 g/mol. The fourth-order valence-electron chi connectivity index (χ4n) is 1.79. The second-order valence-electron chi connectivity index (χ2n) is 4.48. The van der Waals surface area contributed by atoms with Gasteiger partial charge in [0.2, 0.25) is 11.7 Å². The highest BCUT2D eigenvalue weighted by Gasteiger charge is 2.20. The van der Waals surface area contributed by atoms with Crippen molar-refractivity contribution in [3.8, 4) is 11.5 Å². The number of hydrogen-bond donors (Lipinski definition) is 1. The lowest BCUT2D eigenvalue weighted by Crippen LogP contribution is -2.08. The van der Waals surface area contributed by atoms with Crippen molar-refractivity contribution in [2.45, 2.75) is 6.61 Å². The summed E-state index contributed by atoms with van der Waals surface area (Å²) in [4.78, 5) is 17.3. The van der Waals surface area contributed by atoms with Gasteiger partial charge in [-0.15, -0.1) is 0 Å². The van der Waals surface area contributed by atoms with E-state index in [4.69, 9.17) is 14.3 Å². The monoisotopic (exact) mass is 276 g/mol. The van der Waals surface area contributed by atoms with Crippen molar-refractivity contribution in [1.82, 2.24) is 4.98 Å². The Kier molecular flexibility index (Phi) is 4.05. The van der Waals surface area contributed by atoms with Crippen molar-refractivity contribution in [2.75, 3.05) is 26.1 Å². The van der Waals surface area contributed by atoms with E-state index < -0.39 is 5.97 Å². The van der Waals surface area contributed by atoms with Crippen molar-refractivity contribution < 1.29 is 19.1 Å². The smallest absolute Gasteiger partial charge is 0.373 e. The molecule has 0 spiro atoms. The Labute approximate surface area is 116 Å². The maximum atomic E-state index is 11.1. The Morgan fingerprint density at radius 3 is 2.80 bits per heavy atom. The molecule has 0 aliphatic heterocycles. The lowest BCUT2D eigenvalue weighted by atomic mass is 10.2. The van der Waals surface area contributed by atoms with E-state index >= 15 is 0 Å². The van der Waals surface area contributed by atoms with Gasteiger partial charge >= 0.3 is 5.97 Å². The summed E-state index contributed by atoms with van der Waals surface area (Å²) in [5.41, 5.74) is 1.98. The van der Waals surface area contributed by atoms with Crippen LogP contribution in [0.5, 0.6) is 0 Å². The van der Waals surface area contributed by atoms with Crippen LogP contribution in [0.25, 0.3) is 11.5 Å². The first-order valence-corrected chi connectivity index (χ1v) is 6.02. The van der Waals surface area contributed by atoms with E-state index in [0.717, 1.165) is 11.3 Å². The van der Waals surface area contributed by atoms with Crippen LogP contribution in [-0.2, 0) is 11.3 Å². The molecule has 0 saturated carbocycles. The third-order valence-corrected chi connectivity index (χ3v) is 2.78. The van der Waals surface area contributed by atoms with Gasteiger partial charge in [-0.3, -0.25) is 0 Å². The van der Waals surface area contributed by atoms with E-state index in [1.165, 1.54) is 7.11 Å². The molecule has 1 heterocycles. The number of anilines is 1. The average Bonchev–Trinajstić information content (AvgIpc) is 2.83. The molecule has 0 unspecified atom stereocenters. The number of nitrogens with zero attached hydrogens (tertiary/aromatic N) is 2. The van der Waals surface area contributed by atoms with Crippen LogP contribution in [0.1, 0.15) is 16.2 Å². The Bertz CT molecular complexity index is 619. The van der Waals surface area contributed by atoms with Gasteiger partial charge in [-0.1, -0.05) is 6.07 Å². The molecule has 2 rings (SSSR count). The van der Waals surface area contributed by atoms with Gasteiger partial charge in [0.15, 0.2) is 0 Å². The molecule has 0 atom stereocenters. The van der Waals surface area contributed by atoms with Crippen molar-refractivity contribution in [2.24, 2.45) is 0 Å². The van der Waals surface area contributed by atoms with Crippen molar-refractivity contribution in [1.29, 1.82) is 0 Å². The lowest BCUT2D eigenvalue weighted by Gasteiger charge is -2.12. The van der Waals surface area contributed by atoms with E-state index in [1.807, 2.05) is 43.3 Å². The van der Waals surface area contributed by atoms with Gasteiger partial charge in [-0.25, -0.2) is 9.78 Å². The zero-order valence-corrected chi connectivity index (χ0v) is 11.6. The summed E-state index contributed by atoms with van der Waals surface area (Å²) in [5.74, 6) is -1.06. The highest BCUT2D eigenvalue weighted by atomic mass is 16.5. The van der Waals surface area contributed by atoms with Crippen LogP contribution in [0.3, 0.4) is 0 Å². The largest absolute Gasteiger partial charge is 0.475 e. The van der Waals surface area contributed by atoms with Crippen molar-refractivity contribution >= 4 is 11.7 Å². The van der Waals surface area contributed by atoms with Gasteiger partial charge in [0.25, 0.3) is 0 Å². The van der Waals surface area contributed by atoms with Gasteiger partial charge in [-0.2, -0.15) is 0 Å². The molecule has 0 aliphatic rings. The van der Waals surface area contributed by atoms with Crippen molar-refractivity contribution in [3.05, 3.63) is 35.7 Å². The second-order valence-corrected chi connectivity index (χ2v) is 4.48. The highest BCUT2D eigenvalue weighted by molar-refractivity contribution is 5.86. The highest BCUT2D eigenvalue weighted by Crippen LogP contribution is 2.25. The number of oxazole rings is 1. The van der Waals surface area contributed by atoms with Crippen LogP contribution in [-0.4, -0.2) is 37.3 Å². The number of methoxy groups -OCH3 is 1. The Balaban J connectivity index is 2.45. The standard InChI is InChI=1S/C14H16N2O4/c1-16(2)10-6-4-5-9(7-10)13-15-11(8-19-3)12(20-13)14(17)18/h4-7H,8H2,1-3H3,(H,17,18). The molecule has 6 nitrogen and oxygen atoms in total. The summed E-state index contributed by atoms with van der Waals surface area (Å²) in [5, 5.41) is 9.10. The topological polar surface area (TPSA) is 75.8 Å². The number of aromatic carboxylic acids is 1. The summed E-state index contributed by atoms with van der Waals surface area (Å²) in [7, 11) is 5.33. The SMILES string of the molecule is COCc1nc(-c2cccc(N(C)C)c2)oc1C(=O)O. The van der Waals surface area contributed by atoms with Gasteiger partial charge in [0, 0.05) is 32.5 Å². The van der Waals surface area contributed by atoms with Crippen LogP contribution >= 0.6 is 0 Å². The number of aromatic nitrogens is 1. The Morgan fingerprint density at radius 1 is 1.45 bits per heavy atom. The summed E-state index contributed by atoms with van der Waals surface area (Å²) in [6.07, 6.45) is 0. The number of rotatable bonds is 5. The molecule has 0 aliphatic carbocycles. The molecule has 0 fully saturated rings. The number of ether oxygens (including phenoxy) is 1. The van der Waals surface area contributed by atoms with E-state index in [2.05, 4.69) is 4.98 Å². The van der Waals surface area contributed by atoms with Gasteiger partial charge in [-0.05, 0) is 18.2 Å². The fourth-order valence-corrected chi connectivity index (χ4v) is 1.79. The maximum Gasteiger partial charge on any atom is 0.373 e. The predicted octanol–water partition coefficient (Wildman–Crippen LogP) is 2.25. The van der Waals surface area contributed by atoms with E-state index in [0.29, 0.717) is 0 Å². The summed E-state index contributed by atoms with van der Waals surface area (Å²) in [6, 6.07) is 7.51. The van der Waals surface area contributed by atoms with E-state index in [1.54, 1.807) is 0 Å². The summed E-state index contributed by atoms with van der Waals surface area (Å²) < 4.78 is 10.3. The first-order chi connectivity index (χ1) is 9.52. The molecule has 0 saturated heterocycles. The van der Waals surface area contributed by atoms with Crippen LogP contribution in [0.4, 0.5) is 5.69 Å². The molecule has 1 N–H and O–H groups in total. The zero-order chi connectivity index (χ0) is 14.7. The molecule has 20 heavy (non-hydrogen) atoms. The van der Waals surface area contributed by atoms with Gasteiger partial charge < -0.3 is 19.2 Å². The molecular formula is C14H16N2O4. The number of carboxylic acids is 1. The van der Waals surface area contributed by atoms with Crippen LogP contribution < -0.4 is 4.90 Å². The molecule has 0 bridgehead atoms. The minimum Gasteiger partial charge on any atom is -0.475 e. The first-order valence-electron chi connectivity index (χ1n) is 6.02. The molecule has 1 aromatic carbocycles. The Hall–Kier alpha value is -2.34. The van der Waals surface area contributed by atoms with Gasteiger partial charge in [0.1, 0.15) is 5.69 Å². The fraction of sp³-hybridized carbons (Fsp3) is 0.286. The third kappa shape index (κ3) is 2.80. The molecule has 106 valence electrons. The van der Waals surface area contributed by atoms with Crippen LogP contribution in [0.2, 0.25) is 0 Å². The number of carbonyl (C=O) groups is 1. The minimum absolute atomic E-state index is 0.0957.